The summed E-state index contributed by atoms with van der Waals surface area (Å²) in [7, 11) is 1.55. The van der Waals surface area contributed by atoms with Crippen LogP contribution in [0, 0.1) is 3.57 Å². The van der Waals surface area contributed by atoms with Gasteiger partial charge in [-0.05, 0) is 47.7 Å². The number of allylic oxidation sites excluding steroid dienone is 1. The summed E-state index contributed by atoms with van der Waals surface area (Å²) in [6, 6.07) is 4.96. The summed E-state index contributed by atoms with van der Waals surface area (Å²) in [5, 5.41) is 8.57. The SMILES string of the molecule is COc1ccc(C(=O)/C(C)=C/C(=O)O)cc1I. The normalized spacial score (nSPS) is 11.1. The highest BCUT2D eigenvalue weighted by atomic mass is 127. The molecular formula is C12H11IO4. The van der Waals surface area contributed by atoms with E-state index in [-0.39, 0.29) is 11.4 Å². The first-order valence-corrected chi connectivity index (χ1v) is 5.83. The Morgan fingerprint density at radius 3 is 2.53 bits per heavy atom. The second-order valence-corrected chi connectivity index (χ2v) is 4.51. The number of carboxylic acid groups (broad SMARTS) is 1. The van der Waals surface area contributed by atoms with Gasteiger partial charge in [-0.25, -0.2) is 4.79 Å². The number of benzene rings is 1. The number of ether oxygens (including phenoxy) is 1. The van der Waals surface area contributed by atoms with Crippen LogP contribution < -0.4 is 4.74 Å². The zero-order valence-electron chi connectivity index (χ0n) is 9.36. The van der Waals surface area contributed by atoms with Crippen LogP contribution in [0.25, 0.3) is 0 Å². The van der Waals surface area contributed by atoms with Crippen LogP contribution in [0.5, 0.6) is 5.75 Å². The average Bonchev–Trinajstić information content (AvgIpc) is 2.27. The molecule has 0 atom stereocenters. The number of carbonyl (C=O) groups is 2. The summed E-state index contributed by atoms with van der Waals surface area (Å²) in [6.07, 6.45) is 0.902. The Hall–Kier alpha value is -1.37. The van der Waals surface area contributed by atoms with Crippen molar-refractivity contribution in [3.8, 4) is 5.75 Å². The Morgan fingerprint density at radius 2 is 2.06 bits per heavy atom. The molecule has 0 bridgehead atoms. The van der Waals surface area contributed by atoms with Crippen LogP contribution >= 0.6 is 22.6 Å². The van der Waals surface area contributed by atoms with Crippen molar-refractivity contribution in [2.75, 3.05) is 7.11 Å². The van der Waals surface area contributed by atoms with E-state index in [1.165, 1.54) is 6.92 Å². The van der Waals surface area contributed by atoms with Crippen LogP contribution in [-0.2, 0) is 4.79 Å². The molecule has 0 aliphatic carbocycles. The van der Waals surface area contributed by atoms with Gasteiger partial charge in [0.15, 0.2) is 5.78 Å². The number of ketones is 1. The molecule has 0 saturated carbocycles. The van der Waals surface area contributed by atoms with Gasteiger partial charge in [0.2, 0.25) is 0 Å². The molecule has 90 valence electrons. The number of methoxy groups -OCH3 is 1. The number of halogens is 1. The molecule has 1 N–H and O–H groups in total. The van der Waals surface area contributed by atoms with Crippen molar-refractivity contribution in [2.45, 2.75) is 6.92 Å². The monoisotopic (exact) mass is 346 g/mol. The summed E-state index contributed by atoms with van der Waals surface area (Å²) in [5.41, 5.74) is 0.642. The molecule has 1 rings (SSSR count). The van der Waals surface area contributed by atoms with Crippen molar-refractivity contribution in [3.63, 3.8) is 0 Å². The molecule has 4 nitrogen and oxygen atoms in total. The fraction of sp³-hybridized carbons (Fsp3) is 0.167. The minimum absolute atomic E-state index is 0.193. The van der Waals surface area contributed by atoms with E-state index in [2.05, 4.69) is 22.6 Å². The van der Waals surface area contributed by atoms with Gasteiger partial charge in [0.05, 0.1) is 10.7 Å². The summed E-state index contributed by atoms with van der Waals surface area (Å²) in [5.74, 6) is -0.742. The molecule has 0 aromatic heterocycles. The molecule has 0 radical (unpaired) electrons. The van der Waals surface area contributed by atoms with Gasteiger partial charge >= 0.3 is 5.97 Å². The molecule has 0 spiro atoms. The van der Waals surface area contributed by atoms with Crippen LogP contribution in [0.1, 0.15) is 17.3 Å². The highest BCUT2D eigenvalue weighted by molar-refractivity contribution is 14.1. The maximum Gasteiger partial charge on any atom is 0.328 e. The van der Waals surface area contributed by atoms with E-state index in [0.29, 0.717) is 11.3 Å². The van der Waals surface area contributed by atoms with E-state index in [0.717, 1.165) is 9.65 Å². The molecule has 0 heterocycles. The largest absolute Gasteiger partial charge is 0.496 e. The van der Waals surface area contributed by atoms with Crippen molar-refractivity contribution in [2.24, 2.45) is 0 Å². The molecule has 5 heteroatoms. The highest BCUT2D eigenvalue weighted by Gasteiger charge is 2.11. The van der Waals surface area contributed by atoms with Crippen molar-refractivity contribution in [1.29, 1.82) is 0 Å². The lowest BCUT2D eigenvalue weighted by Gasteiger charge is -2.05. The summed E-state index contributed by atoms with van der Waals surface area (Å²) >= 11 is 2.06. The second kappa shape index (κ2) is 5.81. The predicted octanol–water partition coefficient (Wildman–Crippen LogP) is 2.51. The summed E-state index contributed by atoms with van der Waals surface area (Å²) in [4.78, 5) is 22.3. The van der Waals surface area contributed by atoms with E-state index < -0.39 is 5.97 Å². The fourth-order valence-corrected chi connectivity index (χ4v) is 2.02. The number of carboxylic acids is 1. The van der Waals surface area contributed by atoms with Crippen molar-refractivity contribution in [1.82, 2.24) is 0 Å². The minimum Gasteiger partial charge on any atom is -0.496 e. The third-order valence-electron chi connectivity index (χ3n) is 2.11. The third-order valence-corrected chi connectivity index (χ3v) is 2.96. The van der Waals surface area contributed by atoms with Crippen LogP contribution in [0.2, 0.25) is 0 Å². The van der Waals surface area contributed by atoms with Gasteiger partial charge in [0.1, 0.15) is 5.75 Å². The van der Waals surface area contributed by atoms with E-state index >= 15 is 0 Å². The first kappa shape index (κ1) is 13.7. The Kier molecular flexibility index (Phi) is 4.68. The molecule has 0 amide bonds. The Labute approximate surface area is 112 Å². The average molecular weight is 346 g/mol. The standard InChI is InChI=1S/C12H11IO4/c1-7(5-11(14)15)12(16)8-3-4-10(17-2)9(13)6-8/h3-6H,1-2H3,(H,14,15)/b7-5+. The van der Waals surface area contributed by atoms with Crippen LogP contribution in [0.3, 0.4) is 0 Å². The molecule has 0 aliphatic heterocycles. The van der Waals surface area contributed by atoms with Gasteiger partial charge in [-0.3, -0.25) is 4.79 Å². The van der Waals surface area contributed by atoms with Crippen molar-refractivity contribution < 1.29 is 19.4 Å². The lowest BCUT2D eigenvalue weighted by Crippen LogP contribution is -2.04. The molecule has 1 aromatic carbocycles. The van der Waals surface area contributed by atoms with Gasteiger partial charge in [0.25, 0.3) is 0 Å². The lowest BCUT2D eigenvalue weighted by molar-refractivity contribution is -0.131. The molecule has 0 saturated heterocycles. The van der Waals surface area contributed by atoms with Crippen molar-refractivity contribution >= 4 is 34.3 Å². The van der Waals surface area contributed by atoms with Gasteiger partial charge in [0, 0.05) is 17.2 Å². The number of Topliss-reactive ketones (excluding diaryl/α,β-unsaturated/α-hetero) is 1. The number of carbonyl (C=O) groups excluding carboxylic acids is 1. The molecule has 0 unspecified atom stereocenters. The maximum absolute atomic E-state index is 11.9. The van der Waals surface area contributed by atoms with Crippen LogP contribution in [0.15, 0.2) is 29.8 Å². The third kappa shape index (κ3) is 3.55. The van der Waals surface area contributed by atoms with E-state index in [9.17, 15) is 9.59 Å². The number of hydrogen-bond acceptors (Lipinski definition) is 3. The first-order chi connectivity index (χ1) is 7.95. The summed E-state index contributed by atoms with van der Waals surface area (Å²) in [6.45, 7) is 1.48. The zero-order chi connectivity index (χ0) is 13.0. The van der Waals surface area contributed by atoms with E-state index in [1.54, 1.807) is 25.3 Å². The van der Waals surface area contributed by atoms with Crippen molar-refractivity contribution in [3.05, 3.63) is 39.0 Å². The molecule has 0 fully saturated rings. The zero-order valence-corrected chi connectivity index (χ0v) is 11.5. The Bertz CT molecular complexity index is 491. The van der Waals surface area contributed by atoms with Gasteiger partial charge in [-0.1, -0.05) is 0 Å². The minimum atomic E-state index is -1.13. The predicted molar refractivity (Wildman–Crippen MR) is 71.4 cm³/mol. The van der Waals surface area contributed by atoms with Gasteiger partial charge in [-0.2, -0.15) is 0 Å². The van der Waals surface area contributed by atoms with Crippen LogP contribution in [-0.4, -0.2) is 24.0 Å². The number of hydrogen-bond donors (Lipinski definition) is 1. The first-order valence-electron chi connectivity index (χ1n) is 4.75. The molecule has 1 aromatic rings. The second-order valence-electron chi connectivity index (χ2n) is 3.34. The molecular weight excluding hydrogens is 335 g/mol. The topological polar surface area (TPSA) is 63.6 Å². The van der Waals surface area contributed by atoms with Gasteiger partial charge in [-0.15, -0.1) is 0 Å². The Morgan fingerprint density at radius 1 is 1.41 bits per heavy atom. The van der Waals surface area contributed by atoms with Gasteiger partial charge < -0.3 is 9.84 Å². The quantitative estimate of drug-likeness (QED) is 0.517. The number of aliphatic carboxylic acids is 1. The molecule has 0 aliphatic rings. The fourth-order valence-electron chi connectivity index (χ4n) is 1.29. The lowest BCUT2D eigenvalue weighted by atomic mass is 10.0. The maximum atomic E-state index is 11.9. The molecule has 17 heavy (non-hydrogen) atoms. The highest BCUT2D eigenvalue weighted by Crippen LogP contribution is 2.22. The Balaban J connectivity index is 3.06. The van der Waals surface area contributed by atoms with E-state index in [4.69, 9.17) is 9.84 Å². The summed E-state index contributed by atoms with van der Waals surface area (Å²) < 4.78 is 5.88. The smallest absolute Gasteiger partial charge is 0.328 e. The number of rotatable bonds is 4. The van der Waals surface area contributed by atoms with Crippen LogP contribution in [0.4, 0.5) is 0 Å². The van der Waals surface area contributed by atoms with E-state index in [1.807, 2.05) is 0 Å².